The quantitative estimate of drug-likeness (QED) is 0.855. The van der Waals surface area contributed by atoms with E-state index < -0.39 is 0 Å². The predicted molar refractivity (Wildman–Crippen MR) is 76.1 cm³/mol. The molecule has 19 heavy (non-hydrogen) atoms. The fraction of sp³-hybridized carbons (Fsp3) is 0.933. The van der Waals surface area contributed by atoms with Crippen LogP contribution in [0.2, 0.25) is 0 Å². The number of amides is 1. The fourth-order valence-electron chi connectivity index (χ4n) is 3.51. The molecule has 0 aromatic rings. The Hall–Kier alpha value is -0.770. The van der Waals surface area contributed by atoms with E-state index in [-0.39, 0.29) is 6.09 Å². The smallest absolute Gasteiger partial charge is 0.407 e. The molecule has 4 heteroatoms. The largest absolute Gasteiger partial charge is 0.453 e. The number of piperidine rings is 1. The van der Waals surface area contributed by atoms with E-state index in [1.54, 1.807) is 0 Å². The summed E-state index contributed by atoms with van der Waals surface area (Å²) in [5.74, 6) is 2.31. The molecule has 0 bridgehead atoms. The lowest BCUT2D eigenvalue weighted by molar-refractivity contribution is 0.154. The van der Waals surface area contributed by atoms with Crippen molar-refractivity contribution in [3.05, 3.63) is 0 Å². The fourth-order valence-corrected chi connectivity index (χ4v) is 3.51. The molecule has 1 aliphatic carbocycles. The van der Waals surface area contributed by atoms with Crippen LogP contribution in [-0.2, 0) is 4.74 Å². The second-order valence-electron chi connectivity index (χ2n) is 6.52. The lowest BCUT2D eigenvalue weighted by Gasteiger charge is -2.33. The monoisotopic (exact) mass is 268 g/mol. The third-order valence-corrected chi connectivity index (χ3v) is 4.92. The molecule has 1 aliphatic heterocycles. The molecule has 4 nitrogen and oxygen atoms in total. The summed E-state index contributed by atoms with van der Waals surface area (Å²) in [6.45, 7) is 8.37. The normalized spacial score (nSPS) is 33.3. The first-order valence-corrected chi connectivity index (χ1v) is 7.65. The number of hydrogen-bond donors (Lipinski definition) is 1. The highest BCUT2D eigenvalue weighted by molar-refractivity contribution is 5.67. The third-order valence-electron chi connectivity index (χ3n) is 4.92. The molecule has 1 heterocycles. The van der Waals surface area contributed by atoms with Crippen LogP contribution < -0.4 is 5.32 Å². The maximum atomic E-state index is 11.3. The molecule has 110 valence electrons. The second-order valence-corrected chi connectivity index (χ2v) is 6.52. The highest BCUT2D eigenvalue weighted by Gasteiger charge is 2.33. The molecule has 1 amide bonds. The summed E-state index contributed by atoms with van der Waals surface area (Å²) >= 11 is 0. The van der Waals surface area contributed by atoms with Gasteiger partial charge in [0, 0.05) is 12.6 Å². The lowest BCUT2D eigenvalue weighted by atomic mass is 9.94. The van der Waals surface area contributed by atoms with Crippen molar-refractivity contribution in [1.29, 1.82) is 0 Å². The van der Waals surface area contributed by atoms with Crippen molar-refractivity contribution in [2.75, 3.05) is 26.7 Å². The van der Waals surface area contributed by atoms with Gasteiger partial charge in [-0.25, -0.2) is 4.79 Å². The molecule has 0 aromatic carbocycles. The molecule has 0 aromatic heterocycles. The number of hydrogen-bond acceptors (Lipinski definition) is 3. The SMILES string of the molecule is COC(=O)NC1C[C@H](CN2CCC(C)CC2)[C@@H](C)C1. The zero-order chi connectivity index (χ0) is 13.8. The van der Waals surface area contributed by atoms with Crippen molar-refractivity contribution in [3.63, 3.8) is 0 Å². The summed E-state index contributed by atoms with van der Waals surface area (Å²) in [6, 6.07) is 0.302. The molecule has 0 radical (unpaired) electrons. The Balaban J connectivity index is 1.76. The van der Waals surface area contributed by atoms with Crippen LogP contribution in [0.15, 0.2) is 0 Å². The van der Waals surface area contributed by atoms with E-state index >= 15 is 0 Å². The van der Waals surface area contributed by atoms with Crippen LogP contribution in [0.3, 0.4) is 0 Å². The Morgan fingerprint density at radius 2 is 1.95 bits per heavy atom. The van der Waals surface area contributed by atoms with E-state index in [4.69, 9.17) is 0 Å². The Morgan fingerprint density at radius 1 is 1.26 bits per heavy atom. The first-order chi connectivity index (χ1) is 9.08. The highest BCUT2D eigenvalue weighted by Crippen LogP contribution is 2.33. The molecular formula is C15H28N2O2. The molecule has 2 fully saturated rings. The summed E-state index contributed by atoms with van der Waals surface area (Å²) in [5.41, 5.74) is 0. The van der Waals surface area contributed by atoms with E-state index in [0.29, 0.717) is 12.0 Å². The number of nitrogens with zero attached hydrogens (tertiary/aromatic N) is 1. The van der Waals surface area contributed by atoms with Crippen LogP contribution in [0.4, 0.5) is 4.79 Å². The molecule has 1 N–H and O–H groups in total. The Labute approximate surface area is 116 Å². The van der Waals surface area contributed by atoms with Crippen molar-refractivity contribution >= 4 is 6.09 Å². The van der Waals surface area contributed by atoms with E-state index in [1.807, 2.05) is 0 Å². The van der Waals surface area contributed by atoms with Gasteiger partial charge in [0.2, 0.25) is 0 Å². The van der Waals surface area contributed by atoms with E-state index in [2.05, 4.69) is 28.8 Å². The molecule has 1 unspecified atom stereocenters. The van der Waals surface area contributed by atoms with Crippen LogP contribution in [0.5, 0.6) is 0 Å². The van der Waals surface area contributed by atoms with Gasteiger partial charge in [0.05, 0.1) is 7.11 Å². The first kappa shape index (κ1) is 14.6. The number of carbonyl (C=O) groups excluding carboxylic acids is 1. The molecule has 3 atom stereocenters. The van der Waals surface area contributed by atoms with Crippen molar-refractivity contribution in [2.24, 2.45) is 17.8 Å². The standard InChI is InChI=1S/C15H28N2O2/c1-11-4-6-17(7-5-11)10-13-9-14(8-12(13)2)16-15(18)19-3/h11-14H,4-10H2,1-3H3,(H,16,18)/t12-,13+,14?/m0/s1. The third kappa shape index (κ3) is 4.10. The minimum atomic E-state index is -0.287. The van der Waals surface area contributed by atoms with E-state index in [0.717, 1.165) is 24.7 Å². The van der Waals surface area contributed by atoms with Crippen molar-refractivity contribution in [1.82, 2.24) is 10.2 Å². The van der Waals surface area contributed by atoms with E-state index in [9.17, 15) is 4.79 Å². The number of nitrogens with one attached hydrogen (secondary N) is 1. The molecule has 2 aliphatic rings. The average Bonchev–Trinajstić information content (AvgIpc) is 2.72. The summed E-state index contributed by atoms with van der Waals surface area (Å²) in [6.07, 6.45) is 4.58. The predicted octanol–water partition coefficient (Wildman–Crippen LogP) is 2.49. The van der Waals surface area contributed by atoms with Gasteiger partial charge in [-0.2, -0.15) is 0 Å². The number of carbonyl (C=O) groups is 1. The Bertz CT molecular complexity index is 301. The van der Waals surface area contributed by atoms with Gasteiger partial charge in [0.25, 0.3) is 0 Å². The maximum absolute atomic E-state index is 11.3. The number of alkyl carbamates (subject to hydrolysis) is 1. The lowest BCUT2D eigenvalue weighted by Crippen LogP contribution is -2.37. The highest BCUT2D eigenvalue weighted by atomic mass is 16.5. The van der Waals surface area contributed by atoms with Gasteiger partial charge in [-0.05, 0) is 56.5 Å². The number of methoxy groups -OCH3 is 1. The molecule has 2 rings (SSSR count). The van der Waals surface area contributed by atoms with Crippen LogP contribution in [0.1, 0.15) is 39.5 Å². The van der Waals surface area contributed by atoms with Gasteiger partial charge in [0.1, 0.15) is 0 Å². The van der Waals surface area contributed by atoms with Crippen molar-refractivity contribution < 1.29 is 9.53 Å². The molecular weight excluding hydrogens is 240 g/mol. The van der Waals surface area contributed by atoms with Gasteiger partial charge in [-0.3, -0.25) is 0 Å². The van der Waals surface area contributed by atoms with Crippen molar-refractivity contribution in [3.8, 4) is 0 Å². The Kier molecular flexibility index (Phi) is 5.08. The second kappa shape index (κ2) is 6.60. The van der Waals surface area contributed by atoms with Gasteiger partial charge in [0.15, 0.2) is 0 Å². The minimum Gasteiger partial charge on any atom is -0.453 e. The number of ether oxygens (including phenoxy) is 1. The number of rotatable bonds is 3. The topological polar surface area (TPSA) is 41.6 Å². The summed E-state index contributed by atoms with van der Waals surface area (Å²) in [4.78, 5) is 13.9. The maximum Gasteiger partial charge on any atom is 0.407 e. The number of likely N-dealkylation sites (tertiary alicyclic amines) is 1. The van der Waals surface area contributed by atoms with Gasteiger partial charge >= 0.3 is 6.09 Å². The summed E-state index contributed by atoms with van der Waals surface area (Å²) in [5, 5.41) is 2.95. The van der Waals surface area contributed by atoms with Crippen LogP contribution in [-0.4, -0.2) is 43.8 Å². The zero-order valence-corrected chi connectivity index (χ0v) is 12.5. The van der Waals surface area contributed by atoms with Gasteiger partial charge < -0.3 is 15.0 Å². The summed E-state index contributed by atoms with van der Waals surface area (Å²) in [7, 11) is 1.43. The van der Waals surface area contributed by atoms with Crippen LogP contribution in [0, 0.1) is 17.8 Å². The molecule has 0 spiro atoms. The van der Waals surface area contributed by atoms with E-state index in [1.165, 1.54) is 39.6 Å². The Morgan fingerprint density at radius 3 is 2.58 bits per heavy atom. The molecule has 1 saturated heterocycles. The van der Waals surface area contributed by atoms with Crippen LogP contribution in [0.25, 0.3) is 0 Å². The van der Waals surface area contributed by atoms with Crippen molar-refractivity contribution in [2.45, 2.75) is 45.6 Å². The molecule has 1 saturated carbocycles. The van der Waals surface area contributed by atoms with Gasteiger partial charge in [-0.15, -0.1) is 0 Å². The summed E-state index contributed by atoms with van der Waals surface area (Å²) < 4.78 is 4.68. The average molecular weight is 268 g/mol. The minimum absolute atomic E-state index is 0.287. The first-order valence-electron chi connectivity index (χ1n) is 7.65. The zero-order valence-electron chi connectivity index (χ0n) is 12.5. The van der Waals surface area contributed by atoms with Crippen LogP contribution >= 0.6 is 0 Å². The van der Waals surface area contributed by atoms with Gasteiger partial charge in [-0.1, -0.05) is 13.8 Å².